The second-order valence-electron chi connectivity index (χ2n) is 4.70. The molecule has 0 spiro atoms. The van der Waals surface area contributed by atoms with Gasteiger partial charge in [-0.05, 0) is 18.3 Å². The monoisotopic (exact) mass is 228 g/mol. The second kappa shape index (κ2) is 4.99. The summed E-state index contributed by atoms with van der Waals surface area (Å²) in [5, 5.41) is 13.8. The molecule has 6 nitrogen and oxygen atoms in total. The first-order chi connectivity index (χ1) is 7.74. The smallest absolute Gasteiger partial charge is 0.139 e. The van der Waals surface area contributed by atoms with Crippen molar-refractivity contribution in [3.8, 4) is 0 Å². The van der Waals surface area contributed by atoms with Crippen molar-refractivity contribution in [2.24, 2.45) is 16.3 Å². The van der Waals surface area contributed by atoms with E-state index in [1.165, 1.54) is 0 Å². The fourth-order valence-electron chi connectivity index (χ4n) is 2.01. The maximum atomic E-state index is 8.56. The van der Waals surface area contributed by atoms with Gasteiger partial charge in [0, 0.05) is 26.1 Å². The topological polar surface area (TPSA) is 83.1 Å². The Bertz CT molecular complexity index is 260. The molecule has 4 N–H and O–H groups in total. The number of hydrogen-bond acceptors (Lipinski definition) is 5. The van der Waals surface area contributed by atoms with Crippen LogP contribution >= 0.6 is 0 Å². The Morgan fingerprint density at radius 1 is 1.44 bits per heavy atom. The zero-order valence-corrected chi connectivity index (χ0v) is 9.48. The lowest BCUT2D eigenvalue weighted by Crippen LogP contribution is -2.48. The average molecular weight is 228 g/mol. The number of rotatable bonds is 5. The fourth-order valence-corrected chi connectivity index (χ4v) is 2.01. The van der Waals surface area contributed by atoms with Gasteiger partial charge in [0.1, 0.15) is 5.84 Å². The van der Waals surface area contributed by atoms with E-state index in [0.29, 0.717) is 12.3 Å². The molecule has 92 valence electrons. The molecule has 6 heteroatoms. The van der Waals surface area contributed by atoms with Crippen LogP contribution in [-0.2, 0) is 4.74 Å². The van der Waals surface area contributed by atoms with Crippen LogP contribution < -0.4 is 11.2 Å². The summed E-state index contributed by atoms with van der Waals surface area (Å²) in [4.78, 5) is 0. The molecule has 0 aromatic heterocycles. The van der Waals surface area contributed by atoms with Gasteiger partial charge in [0.05, 0.1) is 13.2 Å². The maximum absolute atomic E-state index is 8.56. The van der Waals surface area contributed by atoms with Gasteiger partial charge in [-0.1, -0.05) is 5.16 Å². The highest BCUT2D eigenvalue weighted by Gasteiger charge is 2.43. The summed E-state index contributed by atoms with van der Waals surface area (Å²) in [6.07, 6.45) is 2.99. The predicted molar refractivity (Wildman–Crippen MR) is 60.1 cm³/mol. The molecule has 1 saturated heterocycles. The van der Waals surface area contributed by atoms with Crippen molar-refractivity contribution in [1.82, 2.24) is 10.4 Å². The van der Waals surface area contributed by atoms with Crippen molar-refractivity contribution in [3.63, 3.8) is 0 Å². The summed E-state index contributed by atoms with van der Waals surface area (Å²) in [5.41, 5.74) is 9.18. The van der Waals surface area contributed by atoms with E-state index in [1.54, 1.807) is 0 Å². The van der Waals surface area contributed by atoms with Gasteiger partial charge in [-0.3, -0.25) is 5.43 Å². The van der Waals surface area contributed by atoms with Crippen molar-refractivity contribution < 1.29 is 9.94 Å². The van der Waals surface area contributed by atoms with Crippen molar-refractivity contribution in [2.45, 2.75) is 19.3 Å². The molecule has 1 saturated carbocycles. The van der Waals surface area contributed by atoms with Crippen molar-refractivity contribution in [1.29, 1.82) is 0 Å². The van der Waals surface area contributed by atoms with Crippen LogP contribution in [0.4, 0.5) is 0 Å². The van der Waals surface area contributed by atoms with Crippen LogP contribution in [0.1, 0.15) is 19.3 Å². The lowest BCUT2D eigenvalue weighted by molar-refractivity contribution is 0.00859. The molecule has 2 fully saturated rings. The molecule has 2 rings (SSSR count). The van der Waals surface area contributed by atoms with Crippen molar-refractivity contribution in [3.05, 3.63) is 0 Å². The Balaban J connectivity index is 1.72. The minimum Gasteiger partial charge on any atom is -0.409 e. The van der Waals surface area contributed by atoms with Gasteiger partial charge in [0.2, 0.25) is 0 Å². The Hall–Kier alpha value is -0.850. The molecular formula is C10H20N4O2. The predicted octanol–water partition coefficient (Wildman–Crippen LogP) is -0.260. The number of nitrogens with one attached hydrogen (secondary N) is 1. The Labute approximate surface area is 95.4 Å². The van der Waals surface area contributed by atoms with E-state index >= 15 is 0 Å². The molecule has 0 bridgehead atoms. The third-order valence-electron chi connectivity index (χ3n) is 3.33. The quantitative estimate of drug-likeness (QED) is 0.261. The van der Waals surface area contributed by atoms with E-state index in [9.17, 15) is 0 Å². The number of oxime groups is 1. The summed E-state index contributed by atoms with van der Waals surface area (Å²) in [7, 11) is 0. The van der Waals surface area contributed by atoms with Crippen LogP contribution in [-0.4, -0.2) is 48.9 Å². The van der Waals surface area contributed by atoms with Crippen LogP contribution in [0, 0.1) is 5.41 Å². The Kier molecular flexibility index (Phi) is 3.63. The van der Waals surface area contributed by atoms with E-state index in [0.717, 1.165) is 45.7 Å². The fraction of sp³-hybridized carbons (Fsp3) is 0.900. The van der Waals surface area contributed by atoms with E-state index in [2.05, 4.69) is 15.6 Å². The van der Waals surface area contributed by atoms with Gasteiger partial charge < -0.3 is 15.7 Å². The lowest BCUT2D eigenvalue weighted by atomic mass is 10.0. The van der Waals surface area contributed by atoms with Gasteiger partial charge in [-0.2, -0.15) is 0 Å². The molecule has 1 aliphatic carbocycles. The number of ether oxygens (including phenoxy) is 1. The first-order valence-corrected chi connectivity index (χ1v) is 5.77. The molecule has 2 aliphatic rings. The van der Waals surface area contributed by atoms with Crippen molar-refractivity contribution in [2.75, 3.05) is 32.8 Å². The minimum absolute atomic E-state index is 0.217. The second-order valence-corrected chi connectivity index (χ2v) is 4.70. The molecule has 0 amide bonds. The zero-order chi connectivity index (χ0) is 11.4. The molecule has 1 aliphatic heterocycles. The van der Waals surface area contributed by atoms with Crippen LogP contribution in [0.5, 0.6) is 0 Å². The third-order valence-corrected chi connectivity index (χ3v) is 3.33. The molecule has 0 radical (unpaired) electrons. The highest BCUT2D eigenvalue weighted by atomic mass is 16.5. The summed E-state index contributed by atoms with van der Waals surface area (Å²) in [6, 6.07) is 0. The highest BCUT2D eigenvalue weighted by molar-refractivity contribution is 5.80. The average Bonchev–Trinajstić information content (AvgIpc) is 3.08. The Morgan fingerprint density at radius 3 is 2.69 bits per heavy atom. The number of morpholine rings is 1. The lowest BCUT2D eigenvalue weighted by Gasteiger charge is -2.29. The van der Waals surface area contributed by atoms with E-state index in [4.69, 9.17) is 15.7 Å². The van der Waals surface area contributed by atoms with Gasteiger partial charge in [-0.25, -0.2) is 5.01 Å². The Morgan fingerprint density at radius 2 is 2.12 bits per heavy atom. The van der Waals surface area contributed by atoms with Crippen LogP contribution in [0.25, 0.3) is 0 Å². The zero-order valence-electron chi connectivity index (χ0n) is 9.48. The minimum atomic E-state index is 0.217. The molecule has 1 heterocycles. The number of hydrazine groups is 1. The first-order valence-electron chi connectivity index (χ1n) is 5.77. The summed E-state index contributed by atoms with van der Waals surface area (Å²) >= 11 is 0. The van der Waals surface area contributed by atoms with E-state index in [1.807, 2.05) is 0 Å². The molecule has 0 atom stereocenters. The van der Waals surface area contributed by atoms with Crippen molar-refractivity contribution >= 4 is 5.84 Å². The highest BCUT2D eigenvalue weighted by Crippen LogP contribution is 2.48. The molecule has 16 heavy (non-hydrogen) atoms. The van der Waals surface area contributed by atoms with Gasteiger partial charge in [0.15, 0.2) is 0 Å². The molecule has 0 aromatic rings. The van der Waals surface area contributed by atoms with Gasteiger partial charge in [-0.15, -0.1) is 0 Å². The van der Waals surface area contributed by atoms with Crippen LogP contribution in [0.15, 0.2) is 5.16 Å². The standard InChI is InChI=1S/C10H20N4O2/c11-9(13-15)7-10(1-2-10)8-12-14-3-5-16-6-4-14/h12,15H,1-8H2,(H2,11,13). The summed E-state index contributed by atoms with van der Waals surface area (Å²) < 4.78 is 5.28. The van der Waals surface area contributed by atoms with Gasteiger partial charge in [0.25, 0.3) is 0 Å². The first kappa shape index (κ1) is 11.6. The normalized spacial score (nSPS) is 25.6. The summed E-state index contributed by atoms with van der Waals surface area (Å²) in [5.74, 6) is 0.335. The number of nitrogens with zero attached hydrogens (tertiary/aromatic N) is 2. The van der Waals surface area contributed by atoms with Crippen LogP contribution in [0.2, 0.25) is 0 Å². The molecular weight excluding hydrogens is 208 g/mol. The van der Waals surface area contributed by atoms with E-state index in [-0.39, 0.29) is 5.41 Å². The number of hydrogen-bond donors (Lipinski definition) is 3. The van der Waals surface area contributed by atoms with E-state index < -0.39 is 0 Å². The SMILES string of the molecule is NC(CC1(CNN2CCOCC2)CC1)=NO. The summed E-state index contributed by atoms with van der Waals surface area (Å²) in [6.45, 7) is 4.35. The largest absolute Gasteiger partial charge is 0.409 e. The molecule has 0 aromatic carbocycles. The third kappa shape index (κ3) is 3.07. The van der Waals surface area contributed by atoms with Crippen LogP contribution in [0.3, 0.4) is 0 Å². The number of amidine groups is 1. The van der Waals surface area contributed by atoms with Gasteiger partial charge >= 0.3 is 0 Å². The maximum Gasteiger partial charge on any atom is 0.139 e. The molecule has 0 unspecified atom stereocenters. The number of nitrogens with two attached hydrogens (primary N) is 1.